The Labute approximate surface area is 136 Å². The molecule has 0 saturated heterocycles. The molecule has 0 atom stereocenters. The number of carbonyl (C=O) groups is 2. The average molecular weight is 317 g/mol. The number of nitrogens with one attached hydrogen (secondary N) is 1. The van der Waals surface area contributed by atoms with E-state index in [1.807, 2.05) is 13.0 Å². The topological polar surface area (TPSA) is 75.6 Å². The van der Waals surface area contributed by atoms with Crippen molar-refractivity contribution in [3.8, 4) is 5.75 Å². The second-order valence-corrected chi connectivity index (χ2v) is 5.66. The Morgan fingerprint density at radius 3 is 2.61 bits per heavy atom. The molecular formula is C18H23NO4. The van der Waals surface area contributed by atoms with Gasteiger partial charge in [0.15, 0.2) is 0 Å². The van der Waals surface area contributed by atoms with E-state index in [1.54, 1.807) is 18.2 Å². The van der Waals surface area contributed by atoms with Crippen molar-refractivity contribution in [2.75, 3.05) is 6.61 Å². The lowest BCUT2D eigenvalue weighted by atomic mass is 9.88. The second kappa shape index (κ2) is 8.36. The van der Waals surface area contributed by atoms with Gasteiger partial charge in [0.2, 0.25) is 5.91 Å². The summed E-state index contributed by atoms with van der Waals surface area (Å²) in [5, 5.41) is 11.9. The largest absolute Gasteiger partial charge is 0.493 e. The highest BCUT2D eigenvalue weighted by molar-refractivity contribution is 5.97. The Bertz CT molecular complexity index is 588. The summed E-state index contributed by atoms with van der Waals surface area (Å²) in [6.07, 6.45) is 6.30. The van der Waals surface area contributed by atoms with Crippen molar-refractivity contribution < 1.29 is 19.4 Å². The van der Waals surface area contributed by atoms with Crippen molar-refractivity contribution in [2.45, 2.75) is 39.0 Å². The molecule has 0 heterocycles. The smallest absolute Gasteiger partial charge is 0.352 e. The molecule has 1 saturated carbocycles. The van der Waals surface area contributed by atoms with Crippen LogP contribution in [0.5, 0.6) is 5.75 Å². The summed E-state index contributed by atoms with van der Waals surface area (Å²) in [7, 11) is 0. The summed E-state index contributed by atoms with van der Waals surface area (Å²) in [6, 6.07) is 7.17. The minimum absolute atomic E-state index is 0.0892. The van der Waals surface area contributed by atoms with Crippen LogP contribution >= 0.6 is 0 Å². The second-order valence-electron chi connectivity index (χ2n) is 5.66. The Kier molecular flexibility index (Phi) is 6.20. The first-order valence-electron chi connectivity index (χ1n) is 8.09. The van der Waals surface area contributed by atoms with Crippen molar-refractivity contribution in [2.24, 2.45) is 5.92 Å². The number of amides is 1. The van der Waals surface area contributed by atoms with Crippen LogP contribution in [0.4, 0.5) is 0 Å². The molecule has 1 aromatic carbocycles. The van der Waals surface area contributed by atoms with Crippen molar-refractivity contribution in [3.63, 3.8) is 0 Å². The third-order valence-electron chi connectivity index (χ3n) is 3.98. The molecule has 23 heavy (non-hydrogen) atoms. The number of hydrogen-bond acceptors (Lipinski definition) is 3. The number of aliphatic carboxylic acids is 1. The summed E-state index contributed by atoms with van der Waals surface area (Å²) in [5.74, 6) is -0.845. The first kappa shape index (κ1) is 17.1. The zero-order valence-electron chi connectivity index (χ0n) is 13.4. The van der Waals surface area contributed by atoms with Crippen LogP contribution in [0.2, 0.25) is 0 Å². The monoisotopic (exact) mass is 317 g/mol. The van der Waals surface area contributed by atoms with Crippen molar-refractivity contribution in [1.82, 2.24) is 5.32 Å². The van der Waals surface area contributed by atoms with Gasteiger partial charge in [-0.25, -0.2) is 4.79 Å². The van der Waals surface area contributed by atoms with Crippen LogP contribution in [0, 0.1) is 5.92 Å². The third-order valence-corrected chi connectivity index (χ3v) is 3.98. The quantitative estimate of drug-likeness (QED) is 0.790. The number of carboxylic acids is 1. The van der Waals surface area contributed by atoms with Gasteiger partial charge in [-0.1, -0.05) is 37.5 Å². The fourth-order valence-corrected chi connectivity index (χ4v) is 2.79. The SMILES string of the molecule is CCOc1ccccc1/C=C(/NC(=O)C1CCCCC1)C(=O)O. The zero-order valence-corrected chi connectivity index (χ0v) is 13.4. The molecule has 0 bridgehead atoms. The first-order valence-corrected chi connectivity index (χ1v) is 8.09. The van der Waals surface area contributed by atoms with Crippen LogP contribution in [0.15, 0.2) is 30.0 Å². The summed E-state index contributed by atoms with van der Waals surface area (Å²) < 4.78 is 5.49. The molecule has 2 N–H and O–H groups in total. The Morgan fingerprint density at radius 2 is 1.96 bits per heavy atom. The van der Waals surface area contributed by atoms with E-state index >= 15 is 0 Å². The Hall–Kier alpha value is -2.30. The van der Waals surface area contributed by atoms with Gasteiger partial charge in [0.25, 0.3) is 0 Å². The maximum Gasteiger partial charge on any atom is 0.352 e. The molecule has 0 unspecified atom stereocenters. The van der Waals surface area contributed by atoms with Crippen LogP contribution in [0.25, 0.3) is 6.08 Å². The van der Waals surface area contributed by atoms with E-state index < -0.39 is 5.97 Å². The first-order chi connectivity index (χ1) is 11.1. The summed E-state index contributed by atoms with van der Waals surface area (Å²) in [4.78, 5) is 23.7. The van der Waals surface area contributed by atoms with Gasteiger partial charge in [0.1, 0.15) is 11.4 Å². The van der Waals surface area contributed by atoms with Crippen LogP contribution in [0.3, 0.4) is 0 Å². The lowest BCUT2D eigenvalue weighted by Gasteiger charge is -2.20. The zero-order chi connectivity index (χ0) is 16.7. The van der Waals surface area contributed by atoms with Gasteiger partial charge in [-0.05, 0) is 31.9 Å². The van der Waals surface area contributed by atoms with Crippen molar-refractivity contribution in [1.29, 1.82) is 0 Å². The molecular weight excluding hydrogens is 294 g/mol. The predicted molar refractivity (Wildman–Crippen MR) is 87.9 cm³/mol. The van der Waals surface area contributed by atoms with Gasteiger partial charge in [-0.15, -0.1) is 0 Å². The number of carboxylic acid groups (broad SMARTS) is 1. The van der Waals surface area contributed by atoms with Gasteiger partial charge < -0.3 is 15.2 Å². The van der Waals surface area contributed by atoms with E-state index in [4.69, 9.17) is 4.74 Å². The van der Waals surface area contributed by atoms with E-state index in [0.717, 1.165) is 32.1 Å². The molecule has 1 amide bonds. The maximum atomic E-state index is 12.3. The summed E-state index contributed by atoms with van der Waals surface area (Å²) in [6.45, 7) is 2.35. The molecule has 5 heteroatoms. The van der Waals surface area contributed by atoms with Gasteiger partial charge in [0, 0.05) is 11.5 Å². The molecule has 5 nitrogen and oxygen atoms in total. The van der Waals surface area contributed by atoms with Crippen molar-refractivity contribution in [3.05, 3.63) is 35.5 Å². The molecule has 1 aliphatic rings. The van der Waals surface area contributed by atoms with Gasteiger partial charge in [-0.2, -0.15) is 0 Å². The number of rotatable bonds is 6. The molecule has 2 rings (SSSR count). The van der Waals surface area contributed by atoms with Crippen LogP contribution in [-0.4, -0.2) is 23.6 Å². The maximum absolute atomic E-state index is 12.3. The lowest BCUT2D eigenvalue weighted by molar-refractivity contribution is -0.135. The Balaban J connectivity index is 2.17. The standard InChI is InChI=1S/C18H23NO4/c1-2-23-16-11-7-6-10-14(16)12-15(18(21)22)19-17(20)13-8-4-3-5-9-13/h6-7,10-13H,2-5,8-9H2,1H3,(H,19,20)(H,21,22)/b15-12+. The molecule has 1 aromatic rings. The van der Waals surface area contributed by atoms with E-state index in [9.17, 15) is 14.7 Å². The minimum atomic E-state index is -1.15. The number of carbonyl (C=O) groups excluding carboxylic acids is 1. The van der Waals surface area contributed by atoms with E-state index in [2.05, 4.69) is 5.32 Å². The highest BCUT2D eigenvalue weighted by Gasteiger charge is 2.23. The molecule has 0 spiro atoms. The summed E-state index contributed by atoms with van der Waals surface area (Å²) in [5.41, 5.74) is 0.517. The minimum Gasteiger partial charge on any atom is -0.493 e. The number of benzene rings is 1. The predicted octanol–water partition coefficient (Wildman–Crippen LogP) is 3.21. The fourth-order valence-electron chi connectivity index (χ4n) is 2.79. The van der Waals surface area contributed by atoms with E-state index in [0.29, 0.717) is 17.9 Å². The molecule has 0 radical (unpaired) electrons. The normalized spacial score (nSPS) is 16.0. The van der Waals surface area contributed by atoms with E-state index in [1.165, 1.54) is 6.08 Å². The highest BCUT2D eigenvalue weighted by Crippen LogP contribution is 2.25. The van der Waals surface area contributed by atoms with E-state index in [-0.39, 0.29) is 17.5 Å². The average Bonchev–Trinajstić information content (AvgIpc) is 2.56. The van der Waals surface area contributed by atoms with Crippen LogP contribution in [0.1, 0.15) is 44.6 Å². The van der Waals surface area contributed by atoms with Crippen LogP contribution in [-0.2, 0) is 9.59 Å². The van der Waals surface area contributed by atoms with Crippen molar-refractivity contribution >= 4 is 18.0 Å². The Morgan fingerprint density at radius 1 is 1.26 bits per heavy atom. The lowest BCUT2D eigenvalue weighted by Crippen LogP contribution is -2.33. The van der Waals surface area contributed by atoms with Crippen LogP contribution < -0.4 is 10.1 Å². The van der Waals surface area contributed by atoms with Gasteiger partial charge >= 0.3 is 5.97 Å². The molecule has 0 aliphatic heterocycles. The molecule has 0 aromatic heterocycles. The number of ether oxygens (including phenoxy) is 1. The number of para-hydroxylation sites is 1. The summed E-state index contributed by atoms with van der Waals surface area (Å²) >= 11 is 0. The fraction of sp³-hybridized carbons (Fsp3) is 0.444. The van der Waals surface area contributed by atoms with Gasteiger partial charge in [-0.3, -0.25) is 4.79 Å². The number of hydrogen-bond donors (Lipinski definition) is 2. The molecule has 124 valence electrons. The molecule has 1 fully saturated rings. The van der Waals surface area contributed by atoms with Gasteiger partial charge in [0.05, 0.1) is 6.61 Å². The third kappa shape index (κ3) is 4.84. The highest BCUT2D eigenvalue weighted by atomic mass is 16.5. The molecule has 1 aliphatic carbocycles.